The molecule has 1 heterocycles. The molecular formula is C13H13FN2O. The summed E-state index contributed by atoms with van der Waals surface area (Å²) in [6.07, 6.45) is 2.79. The first-order valence-electron chi connectivity index (χ1n) is 5.84. The molecular weight excluding hydrogens is 219 g/mol. The van der Waals surface area contributed by atoms with E-state index in [1.54, 1.807) is 12.1 Å². The van der Waals surface area contributed by atoms with Gasteiger partial charge in [0.1, 0.15) is 5.82 Å². The van der Waals surface area contributed by atoms with Gasteiger partial charge >= 0.3 is 0 Å². The lowest BCUT2D eigenvalue weighted by Crippen LogP contribution is -2.20. The summed E-state index contributed by atoms with van der Waals surface area (Å²) in [5, 5.41) is 5.86. The SMILES string of the molecule is O=C1CC(C2CC2)=NN1Cc1ccc(F)cc1. The Morgan fingerprint density at radius 3 is 2.65 bits per heavy atom. The van der Waals surface area contributed by atoms with Crippen molar-refractivity contribution in [3.8, 4) is 0 Å². The molecule has 1 fully saturated rings. The average molecular weight is 232 g/mol. The topological polar surface area (TPSA) is 32.7 Å². The number of nitrogens with zero attached hydrogens (tertiary/aromatic N) is 2. The van der Waals surface area contributed by atoms with E-state index in [0.29, 0.717) is 18.9 Å². The molecule has 0 aromatic heterocycles. The van der Waals surface area contributed by atoms with Crippen LogP contribution in [-0.2, 0) is 11.3 Å². The van der Waals surface area contributed by atoms with Crippen LogP contribution in [0.4, 0.5) is 4.39 Å². The van der Waals surface area contributed by atoms with Crippen molar-refractivity contribution in [1.29, 1.82) is 0 Å². The van der Waals surface area contributed by atoms with Crippen molar-refractivity contribution < 1.29 is 9.18 Å². The Labute approximate surface area is 98.9 Å². The van der Waals surface area contributed by atoms with Gasteiger partial charge in [-0.15, -0.1) is 0 Å². The number of halogens is 1. The Hall–Kier alpha value is -1.71. The first kappa shape index (κ1) is 10.4. The van der Waals surface area contributed by atoms with Crippen LogP contribution < -0.4 is 0 Å². The summed E-state index contributed by atoms with van der Waals surface area (Å²) < 4.78 is 12.7. The minimum Gasteiger partial charge on any atom is -0.273 e. The van der Waals surface area contributed by atoms with E-state index in [1.807, 2.05) is 0 Å². The standard InChI is InChI=1S/C13H13FN2O/c14-11-5-1-9(2-6-11)8-16-13(17)7-12(15-16)10-3-4-10/h1-2,5-6,10H,3-4,7-8H2. The summed E-state index contributed by atoms with van der Waals surface area (Å²) in [5.41, 5.74) is 1.93. The number of hydrazone groups is 1. The summed E-state index contributed by atoms with van der Waals surface area (Å²) in [5.74, 6) is 0.331. The molecule has 0 unspecified atom stereocenters. The van der Waals surface area contributed by atoms with Gasteiger partial charge in [0.25, 0.3) is 0 Å². The third-order valence-electron chi connectivity index (χ3n) is 3.16. The lowest BCUT2D eigenvalue weighted by Gasteiger charge is -2.11. The molecule has 0 atom stereocenters. The number of carbonyl (C=O) groups excluding carboxylic acids is 1. The van der Waals surface area contributed by atoms with E-state index in [0.717, 1.165) is 24.1 Å². The van der Waals surface area contributed by atoms with Gasteiger partial charge in [-0.25, -0.2) is 9.40 Å². The fourth-order valence-corrected chi connectivity index (χ4v) is 2.02. The third-order valence-corrected chi connectivity index (χ3v) is 3.16. The quantitative estimate of drug-likeness (QED) is 0.787. The molecule has 1 saturated carbocycles. The Bertz CT molecular complexity index is 477. The second kappa shape index (κ2) is 3.95. The number of amides is 1. The summed E-state index contributed by atoms with van der Waals surface area (Å²) in [4.78, 5) is 11.7. The van der Waals surface area contributed by atoms with Crippen LogP contribution in [0.2, 0.25) is 0 Å². The molecule has 4 heteroatoms. The second-order valence-corrected chi connectivity index (χ2v) is 4.62. The molecule has 3 rings (SSSR count). The van der Waals surface area contributed by atoms with E-state index in [2.05, 4.69) is 5.10 Å². The highest BCUT2D eigenvalue weighted by molar-refractivity contribution is 6.06. The largest absolute Gasteiger partial charge is 0.273 e. The third kappa shape index (κ3) is 2.20. The van der Waals surface area contributed by atoms with Gasteiger partial charge in [0, 0.05) is 0 Å². The molecule has 0 bridgehead atoms. The van der Waals surface area contributed by atoms with Crippen LogP contribution in [0.1, 0.15) is 24.8 Å². The number of hydrogen-bond acceptors (Lipinski definition) is 2. The van der Waals surface area contributed by atoms with Crippen LogP contribution in [0.15, 0.2) is 29.4 Å². The van der Waals surface area contributed by atoms with Gasteiger partial charge in [0.15, 0.2) is 0 Å². The summed E-state index contributed by atoms with van der Waals surface area (Å²) in [6.45, 7) is 0.440. The van der Waals surface area contributed by atoms with Crippen LogP contribution in [0.5, 0.6) is 0 Å². The monoisotopic (exact) mass is 232 g/mol. The molecule has 0 spiro atoms. The number of hydrogen-bond donors (Lipinski definition) is 0. The molecule has 1 amide bonds. The van der Waals surface area contributed by atoms with Crippen molar-refractivity contribution in [2.45, 2.75) is 25.8 Å². The van der Waals surface area contributed by atoms with Crippen LogP contribution in [0.25, 0.3) is 0 Å². The zero-order valence-electron chi connectivity index (χ0n) is 9.40. The summed E-state index contributed by atoms with van der Waals surface area (Å²) >= 11 is 0. The van der Waals surface area contributed by atoms with Crippen molar-refractivity contribution in [3.05, 3.63) is 35.6 Å². The number of carbonyl (C=O) groups is 1. The van der Waals surface area contributed by atoms with Crippen molar-refractivity contribution in [1.82, 2.24) is 5.01 Å². The molecule has 0 N–H and O–H groups in total. The smallest absolute Gasteiger partial charge is 0.248 e. The van der Waals surface area contributed by atoms with Gasteiger partial charge in [-0.3, -0.25) is 4.79 Å². The van der Waals surface area contributed by atoms with E-state index in [4.69, 9.17) is 0 Å². The fourth-order valence-electron chi connectivity index (χ4n) is 2.02. The molecule has 2 aliphatic rings. The summed E-state index contributed by atoms with van der Waals surface area (Å²) in [7, 11) is 0. The minimum absolute atomic E-state index is 0.0521. The van der Waals surface area contributed by atoms with Crippen molar-refractivity contribution in [2.24, 2.45) is 11.0 Å². The van der Waals surface area contributed by atoms with Crippen LogP contribution in [0, 0.1) is 11.7 Å². The highest BCUT2D eigenvalue weighted by Crippen LogP contribution is 2.34. The van der Waals surface area contributed by atoms with Gasteiger partial charge in [0.2, 0.25) is 5.91 Å². The summed E-state index contributed by atoms with van der Waals surface area (Å²) in [6, 6.07) is 6.18. The Morgan fingerprint density at radius 1 is 1.29 bits per heavy atom. The minimum atomic E-state index is -0.260. The van der Waals surface area contributed by atoms with E-state index in [1.165, 1.54) is 17.1 Å². The van der Waals surface area contributed by atoms with E-state index in [-0.39, 0.29) is 11.7 Å². The molecule has 17 heavy (non-hydrogen) atoms. The predicted molar refractivity (Wildman–Crippen MR) is 61.7 cm³/mol. The molecule has 3 nitrogen and oxygen atoms in total. The number of rotatable bonds is 3. The number of benzene rings is 1. The fraction of sp³-hybridized carbons (Fsp3) is 0.385. The van der Waals surface area contributed by atoms with E-state index in [9.17, 15) is 9.18 Å². The van der Waals surface area contributed by atoms with Gasteiger partial charge in [0.05, 0.1) is 18.7 Å². The zero-order valence-corrected chi connectivity index (χ0v) is 9.40. The van der Waals surface area contributed by atoms with E-state index >= 15 is 0 Å². The molecule has 88 valence electrons. The Balaban J connectivity index is 1.72. The van der Waals surface area contributed by atoms with Crippen LogP contribution in [0.3, 0.4) is 0 Å². The zero-order chi connectivity index (χ0) is 11.8. The normalized spacial score (nSPS) is 19.7. The maximum Gasteiger partial charge on any atom is 0.248 e. The first-order chi connectivity index (χ1) is 8.22. The molecule has 0 radical (unpaired) electrons. The predicted octanol–water partition coefficient (Wildman–Crippen LogP) is 2.32. The Kier molecular flexibility index (Phi) is 2.42. The maximum atomic E-state index is 12.7. The molecule has 1 aliphatic heterocycles. The van der Waals surface area contributed by atoms with Crippen molar-refractivity contribution >= 4 is 11.6 Å². The van der Waals surface area contributed by atoms with Crippen LogP contribution >= 0.6 is 0 Å². The van der Waals surface area contributed by atoms with Crippen LogP contribution in [-0.4, -0.2) is 16.6 Å². The molecule has 0 saturated heterocycles. The van der Waals surface area contributed by atoms with E-state index < -0.39 is 0 Å². The maximum absolute atomic E-state index is 12.7. The lowest BCUT2D eigenvalue weighted by atomic mass is 10.2. The highest BCUT2D eigenvalue weighted by Gasteiger charge is 2.34. The average Bonchev–Trinajstić information content (AvgIpc) is 3.09. The van der Waals surface area contributed by atoms with Gasteiger partial charge < -0.3 is 0 Å². The second-order valence-electron chi connectivity index (χ2n) is 4.62. The van der Waals surface area contributed by atoms with Gasteiger partial charge in [-0.05, 0) is 36.5 Å². The Morgan fingerprint density at radius 2 is 2.00 bits per heavy atom. The van der Waals surface area contributed by atoms with Gasteiger partial charge in [-0.1, -0.05) is 12.1 Å². The van der Waals surface area contributed by atoms with Crippen molar-refractivity contribution in [2.75, 3.05) is 0 Å². The lowest BCUT2D eigenvalue weighted by molar-refractivity contribution is -0.129. The van der Waals surface area contributed by atoms with Gasteiger partial charge in [-0.2, -0.15) is 5.10 Å². The molecule has 1 aromatic rings. The molecule has 1 aromatic carbocycles. The molecule has 1 aliphatic carbocycles. The highest BCUT2D eigenvalue weighted by atomic mass is 19.1. The van der Waals surface area contributed by atoms with Crippen molar-refractivity contribution in [3.63, 3.8) is 0 Å². The first-order valence-corrected chi connectivity index (χ1v) is 5.84.